The molecule has 0 bridgehead atoms. The van der Waals surface area contributed by atoms with Crippen molar-refractivity contribution in [3.05, 3.63) is 28.8 Å². The molecule has 5 heteroatoms. The van der Waals surface area contributed by atoms with Crippen LogP contribution in [0.4, 0.5) is 5.69 Å². The fourth-order valence-corrected chi connectivity index (χ4v) is 2.26. The van der Waals surface area contributed by atoms with Gasteiger partial charge >= 0.3 is 0 Å². The second kappa shape index (κ2) is 7.50. The number of hydrogen-bond donors (Lipinski definition) is 2. The molecule has 20 heavy (non-hydrogen) atoms. The lowest BCUT2D eigenvalue weighted by Crippen LogP contribution is -2.40. The number of likely N-dealkylation sites (N-methyl/N-ethyl adjacent to an activating group) is 1. The van der Waals surface area contributed by atoms with Crippen molar-refractivity contribution in [2.24, 2.45) is 0 Å². The predicted molar refractivity (Wildman–Crippen MR) is 83.3 cm³/mol. The molecule has 0 saturated carbocycles. The van der Waals surface area contributed by atoms with E-state index in [0.717, 1.165) is 11.3 Å². The number of aliphatic hydroxyl groups excluding tert-OH is 1. The van der Waals surface area contributed by atoms with E-state index in [0.29, 0.717) is 11.6 Å². The minimum atomic E-state index is -0.555. The number of amides is 1. The molecule has 0 spiro atoms. The van der Waals surface area contributed by atoms with Crippen LogP contribution >= 0.6 is 11.6 Å². The maximum Gasteiger partial charge on any atom is 0.239 e. The third-order valence-electron chi connectivity index (χ3n) is 2.96. The van der Waals surface area contributed by atoms with Crippen LogP contribution in [0.1, 0.15) is 39.4 Å². The van der Waals surface area contributed by atoms with E-state index >= 15 is 0 Å². The highest BCUT2D eigenvalue weighted by Gasteiger charge is 2.14. The lowest BCUT2D eigenvalue weighted by molar-refractivity contribution is -0.120. The lowest BCUT2D eigenvalue weighted by atomic mass is 10.1. The zero-order valence-electron chi connectivity index (χ0n) is 12.5. The number of carbonyl (C=O) groups is 1. The number of rotatable bonds is 6. The molecule has 0 unspecified atom stereocenters. The van der Waals surface area contributed by atoms with Crippen molar-refractivity contribution < 1.29 is 9.90 Å². The Bertz CT molecular complexity index is 461. The highest BCUT2D eigenvalue weighted by molar-refractivity contribution is 6.33. The number of anilines is 1. The van der Waals surface area contributed by atoms with Gasteiger partial charge in [-0.3, -0.25) is 4.79 Å². The second-order valence-electron chi connectivity index (χ2n) is 5.12. The Kier molecular flexibility index (Phi) is 6.30. The Labute approximate surface area is 125 Å². The maximum atomic E-state index is 11.8. The molecular weight excluding hydrogens is 276 g/mol. The Morgan fingerprint density at radius 3 is 2.50 bits per heavy atom. The SMILES string of the molecule is CCN(CC(=O)NC(C)C)c1ccc([C@H](C)O)cc1Cl. The summed E-state index contributed by atoms with van der Waals surface area (Å²) in [5.41, 5.74) is 1.57. The number of benzene rings is 1. The van der Waals surface area contributed by atoms with E-state index in [4.69, 9.17) is 11.6 Å². The zero-order chi connectivity index (χ0) is 15.3. The molecule has 0 aliphatic carbocycles. The van der Waals surface area contributed by atoms with E-state index in [1.807, 2.05) is 37.8 Å². The summed E-state index contributed by atoms with van der Waals surface area (Å²) in [4.78, 5) is 13.8. The molecular formula is C15H23ClN2O2. The molecule has 1 aromatic carbocycles. The van der Waals surface area contributed by atoms with Crippen molar-refractivity contribution in [2.75, 3.05) is 18.0 Å². The second-order valence-corrected chi connectivity index (χ2v) is 5.53. The molecule has 1 aromatic rings. The third-order valence-corrected chi connectivity index (χ3v) is 3.26. The molecule has 0 saturated heterocycles. The minimum absolute atomic E-state index is 0.0301. The summed E-state index contributed by atoms with van der Waals surface area (Å²) in [5, 5.41) is 12.9. The number of nitrogens with zero attached hydrogens (tertiary/aromatic N) is 1. The normalized spacial score (nSPS) is 12.3. The van der Waals surface area contributed by atoms with E-state index in [1.54, 1.807) is 13.0 Å². The Morgan fingerprint density at radius 2 is 2.05 bits per heavy atom. The Morgan fingerprint density at radius 1 is 1.40 bits per heavy atom. The van der Waals surface area contributed by atoms with Gasteiger partial charge in [0.25, 0.3) is 0 Å². The lowest BCUT2D eigenvalue weighted by Gasteiger charge is -2.24. The van der Waals surface area contributed by atoms with Crippen molar-refractivity contribution >= 4 is 23.2 Å². The zero-order valence-corrected chi connectivity index (χ0v) is 13.2. The molecule has 0 aliphatic rings. The van der Waals surface area contributed by atoms with Crippen LogP contribution in [0.25, 0.3) is 0 Å². The number of hydrogen-bond acceptors (Lipinski definition) is 3. The van der Waals surface area contributed by atoms with Gasteiger partial charge in [0.1, 0.15) is 0 Å². The average molecular weight is 299 g/mol. The first-order chi connectivity index (χ1) is 9.35. The first-order valence-electron chi connectivity index (χ1n) is 6.87. The summed E-state index contributed by atoms with van der Waals surface area (Å²) in [6, 6.07) is 5.53. The van der Waals surface area contributed by atoms with E-state index < -0.39 is 6.10 Å². The molecule has 1 amide bonds. The van der Waals surface area contributed by atoms with Gasteiger partial charge in [-0.05, 0) is 45.4 Å². The Balaban J connectivity index is 2.87. The molecule has 0 heterocycles. The molecule has 4 nitrogen and oxygen atoms in total. The molecule has 1 rings (SSSR count). The molecule has 1 atom stereocenters. The standard InChI is InChI=1S/C15H23ClN2O2/c1-5-18(9-15(20)17-10(2)3)14-7-6-12(11(4)19)8-13(14)16/h6-8,10-11,19H,5,9H2,1-4H3,(H,17,20)/t11-/m0/s1. The summed E-state index contributed by atoms with van der Waals surface area (Å²) in [5.74, 6) is -0.0301. The summed E-state index contributed by atoms with van der Waals surface area (Å²) < 4.78 is 0. The van der Waals surface area contributed by atoms with Gasteiger partial charge < -0.3 is 15.3 Å². The highest BCUT2D eigenvalue weighted by atomic mass is 35.5. The molecule has 112 valence electrons. The van der Waals surface area contributed by atoms with Crippen LogP contribution in [0.15, 0.2) is 18.2 Å². The van der Waals surface area contributed by atoms with Crippen molar-refractivity contribution in [2.45, 2.75) is 39.8 Å². The van der Waals surface area contributed by atoms with Gasteiger partial charge in [-0.25, -0.2) is 0 Å². The smallest absolute Gasteiger partial charge is 0.239 e. The minimum Gasteiger partial charge on any atom is -0.389 e. The van der Waals surface area contributed by atoms with E-state index in [-0.39, 0.29) is 18.5 Å². The predicted octanol–water partition coefficient (Wildman–Crippen LogP) is 2.74. The first-order valence-corrected chi connectivity index (χ1v) is 7.24. The van der Waals surface area contributed by atoms with Gasteiger partial charge in [-0.2, -0.15) is 0 Å². The van der Waals surface area contributed by atoms with Gasteiger partial charge in [-0.15, -0.1) is 0 Å². The first kappa shape index (κ1) is 16.8. The van der Waals surface area contributed by atoms with Crippen LogP contribution in [0, 0.1) is 0 Å². The Hall–Kier alpha value is -1.26. The van der Waals surface area contributed by atoms with Crippen molar-refractivity contribution in [3.8, 4) is 0 Å². The van der Waals surface area contributed by atoms with Crippen LogP contribution in [0.5, 0.6) is 0 Å². The topological polar surface area (TPSA) is 52.6 Å². The molecule has 2 N–H and O–H groups in total. The highest BCUT2D eigenvalue weighted by Crippen LogP contribution is 2.28. The summed E-state index contributed by atoms with van der Waals surface area (Å²) >= 11 is 6.25. The molecule has 0 fully saturated rings. The number of aliphatic hydroxyl groups is 1. The summed E-state index contributed by atoms with van der Waals surface area (Å²) in [6.07, 6.45) is -0.555. The molecule has 0 aromatic heterocycles. The summed E-state index contributed by atoms with van der Waals surface area (Å²) in [7, 11) is 0. The third kappa shape index (κ3) is 4.69. The van der Waals surface area contributed by atoms with Crippen molar-refractivity contribution in [1.29, 1.82) is 0 Å². The molecule has 0 radical (unpaired) electrons. The van der Waals surface area contributed by atoms with Gasteiger partial charge in [-0.1, -0.05) is 17.7 Å². The number of nitrogens with one attached hydrogen (secondary N) is 1. The van der Waals surface area contributed by atoms with E-state index in [1.165, 1.54) is 0 Å². The van der Waals surface area contributed by atoms with Gasteiger partial charge in [0.2, 0.25) is 5.91 Å². The van der Waals surface area contributed by atoms with Crippen LogP contribution in [0.3, 0.4) is 0 Å². The van der Waals surface area contributed by atoms with E-state index in [2.05, 4.69) is 5.32 Å². The van der Waals surface area contributed by atoms with Crippen LogP contribution in [-0.4, -0.2) is 30.1 Å². The van der Waals surface area contributed by atoms with Crippen molar-refractivity contribution in [3.63, 3.8) is 0 Å². The fourth-order valence-electron chi connectivity index (χ4n) is 1.95. The van der Waals surface area contributed by atoms with Crippen LogP contribution < -0.4 is 10.2 Å². The quantitative estimate of drug-likeness (QED) is 0.849. The van der Waals surface area contributed by atoms with E-state index in [9.17, 15) is 9.90 Å². The largest absolute Gasteiger partial charge is 0.389 e. The average Bonchev–Trinajstić information content (AvgIpc) is 2.35. The fraction of sp³-hybridized carbons (Fsp3) is 0.533. The molecule has 0 aliphatic heterocycles. The summed E-state index contributed by atoms with van der Waals surface area (Å²) in [6.45, 7) is 8.47. The van der Waals surface area contributed by atoms with Crippen molar-refractivity contribution in [1.82, 2.24) is 5.32 Å². The van der Waals surface area contributed by atoms with Crippen LogP contribution in [-0.2, 0) is 4.79 Å². The van der Waals surface area contributed by atoms with Gasteiger partial charge in [0.15, 0.2) is 0 Å². The monoisotopic (exact) mass is 298 g/mol. The maximum absolute atomic E-state index is 11.8. The van der Waals surface area contributed by atoms with Crippen LogP contribution in [0.2, 0.25) is 5.02 Å². The van der Waals surface area contributed by atoms with Gasteiger partial charge in [0, 0.05) is 12.6 Å². The van der Waals surface area contributed by atoms with Gasteiger partial charge in [0.05, 0.1) is 23.4 Å². The number of carbonyl (C=O) groups excluding carboxylic acids is 1. The number of halogens is 1.